The fraction of sp³-hybridized carbons (Fsp3) is 0.508. The minimum atomic E-state index is -0.367. The van der Waals surface area contributed by atoms with Crippen LogP contribution >= 0.6 is 78.3 Å². The lowest BCUT2D eigenvalue weighted by Crippen LogP contribution is -2.46. The average Bonchev–Trinajstić information content (AvgIpc) is 3.26. The summed E-state index contributed by atoms with van der Waals surface area (Å²) in [6.45, 7) is 39.5. The molecule has 0 saturated carbocycles. The van der Waals surface area contributed by atoms with E-state index in [9.17, 15) is 17.6 Å². The number of benzene rings is 5. The van der Waals surface area contributed by atoms with Crippen LogP contribution in [0.1, 0.15) is 140 Å². The normalized spacial score (nSPS) is 12.2. The van der Waals surface area contributed by atoms with Crippen LogP contribution in [0.4, 0.5) is 23.2 Å². The zero-order valence-electron chi connectivity index (χ0n) is 49.1. The van der Waals surface area contributed by atoms with Gasteiger partial charge in [0.25, 0.3) is 0 Å². The number of hydrogen-bond donors (Lipinski definition) is 0. The lowest BCUT2D eigenvalue weighted by atomic mass is 10.0. The van der Waals surface area contributed by atoms with Gasteiger partial charge in [-0.25, -0.2) is 17.6 Å². The highest BCUT2D eigenvalue weighted by Gasteiger charge is 2.25. The number of anilines is 1. The second-order valence-electron chi connectivity index (χ2n) is 24.3. The van der Waals surface area contributed by atoms with E-state index >= 15 is 0 Å². The van der Waals surface area contributed by atoms with E-state index in [1.54, 1.807) is 36.4 Å². The van der Waals surface area contributed by atoms with Gasteiger partial charge in [0, 0.05) is 70.1 Å². The summed E-state index contributed by atoms with van der Waals surface area (Å²) in [5, 5.41) is 1.31. The molecule has 0 saturated heterocycles. The molecule has 0 aliphatic carbocycles. The molecule has 0 bridgehead atoms. The molecule has 5 nitrogen and oxygen atoms in total. The van der Waals surface area contributed by atoms with Crippen molar-refractivity contribution in [1.29, 1.82) is 0 Å². The smallest absolute Gasteiger partial charge is 0.143 e. The molecule has 0 aromatic heterocycles. The Labute approximate surface area is 493 Å². The predicted molar refractivity (Wildman–Crippen MR) is 330 cm³/mol. The summed E-state index contributed by atoms with van der Waals surface area (Å²) in [7, 11) is 8.22. The van der Waals surface area contributed by atoms with Gasteiger partial charge in [-0.15, -0.1) is 0 Å². The lowest BCUT2D eigenvalue weighted by molar-refractivity contribution is 0.167. The number of rotatable bonds is 10. The fourth-order valence-corrected chi connectivity index (χ4v) is 7.83. The van der Waals surface area contributed by atoms with Crippen LogP contribution in [-0.2, 0) is 26.2 Å². The molecule has 0 aliphatic heterocycles. The first kappa shape index (κ1) is 71.6. The summed E-state index contributed by atoms with van der Waals surface area (Å²) in [4.78, 5) is 11.0. The Bertz CT molecular complexity index is 2290. The molecule has 5 aromatic carbocycles. The average molecular weight is 1270 g/mol. The second kappa shape index (κ2) is 31.0. The van der Waals surface area contributed by atoms with Crippen molar-refractivity contribution in [2.24, 2.45) is 0 Å². The first-order chi connectivity index (χ1) is 34.4. The van der Waals surface area contributed by atoms with Crippen LogP contribution in [0.25, 0.3) is 0 Å². The van der Waals surface area contributed by atoms with Crippen LogP contribution in [-0.4, -0.2) is 81.5 Å². The lowest BCUT2D eigenvalue weighted by Gasteiger charge is -2.41. The molecule has 0 atom stereocenters. The Hall–Kier alpha value is -2.42. The van der Waals surface area contributed by atoms with Crippen molar-refractivity contribution in [3.05, 3.63) is 166 Å². The molecule has 15 heteroatoms. The maximum atomic E-state index is 13.4. The maximum Gasteiger partial charge on any atom is 0.143 e. The van der Waals surface area contributed by atoms with E-state index < -0.39 is 0 Å². The largest absolute Gasteiger partial charge is 0.364 e. The van der Waals surface area contributed by atoms with E-state index in [-0.39, 0.29) is 66.0 Å². The third-order valence-corrected chi connectivity index (χ3v) is 15.4. The van der Waals surface area contributed by atoms with Crippen molar-refractivity contribution in [2.45, 2.75) is 178 Å². The van der Waals surface area contributed by atoms with Crippen molar-refractivity contribution < 1.29 is 17.6 Å². The standard InChI is InChI=1S/C13H19ClFN.C12H17BrClN.C12H17BrFN.2C12H17ClFN/c1-9(2)16(13(3,4)5)10-6-7-11(14)12(15)8-10;2*1-12(2,3)15(4)8-9-5-6-10(13)11(14)7-9;1-12(2,3)15(4)8-9-5-6-11(14)10(13)7-9;1-12(2,3)15(4)8-9-5-6-10(13)11(14)7-9/h6-9H,1-5H3;4*5-7H,8H2,1-4H3. The van der Waals surface area contributed by atoms with Crippen LogP contribution in [0.5, 0.6) is 0 Å². The monoisotopic (exact) mass is 1260 g/mol. The van der Waals surface area contributed by atoms with Gasteiger partial charge in [-0.1, -0.05) is 70.7 Å². The summed E-state index contributed by atoms with van der Waals surface area (Å²) in [5.74, 6) is -1.28. The molecule has 5 rings (SSSR count). The molecule has 0 fully saturated rings. The van der Waals surface area contributed by atoms with Gasteiger partial charge in [0.05, 0.1) is 24.6 Å². The van der Waals surface area contributed by atoms with Crippen molar-refractivity contribution in [3.8, 4) is 0 Å². The topological polar surface area (TPSA) is 16.2 Å². The van der Waals surface area contributed by atoms with Crippen molar-refractivity contribution >= 4 is 84.0 Å². The van der Waals surface area contributed by atoms with Gasteiger partial charge in [-0.05, 0) is 267 Å². The van der Waals surface area contributed by atoms with Gasteiger partial charge in [0.2, 0.25) is 0 Å². The van der Waals surface area contributed by atoms with Crippen molar-refractivity contribution in [2.75, 3.05) is 33.1 Å². The summed E-state index contributed by atoms with van der Waals surface area (Å²) >= 11 is 29.6. The summed E-state index contributed by atoms with van der Waals surface area (Å²) in [5.41, 5.74) is 5.47. The van der Waals surface area contributed by atoms with Crippen LogP contribution in [0, 0.1) is 23.3 Å². The Balaban J connectivity index is 0.000000475. The minimum Gasteiger partial charge on any atom is -0.364 e. The van der Waals surface area contributed by atoms with Gasteiger partial charge < -0.3 is 4.90 Å². The van der Waals surface area contributed by atoms with Gasteiger partial charge in [-0.3, -0.25) is 19.6 Å². The summed E-state index contributed by atoms with van der Waals surface area (Å²) < 4.78 is 54.3. The van der Waals surface area contributed by atoms with Gasteiger partial charge >= 0.3 is 0 Å². The predicted octanol–water partition coefficient (Wildman–Crippen LogP) is 20.1. The Morgan fingerprint density at radius 1 is 0.368 bits per heavy atom. The first-order valence-electron chi connectivity index (χ1n) is 25.3. The van der Waals surface area contributed by atoms with E-state index in [2.05, 4.69) is 187 Å². The molecule has 0 unspecified atom stereocenters. The maximum absolute atomic E-state index is 13.4. The molecule has 0 heterocycles. The van der Waals surface area contributed by atoms with Crippen molar-refractivity contribution in [1.82, 2.24) is 19.6 Å². The molecular weight excluding hydrogens is 1180 g/mol. The van der Waals surface area contributed by atoms with Gasteiger partial charge in [0.1, 0.15) is 23.3 Å². The molecule has 0 spiro atoms. The number of hydrogen-bond acceptors (Lipinski definition) is 5. The first-order valence-corrected chi connectivity index (χ1v) is 28.4. The fourth-order valence-electron chi connectivity index (χ4n) is 6.69. The van der Waals surface area contributed by atoms with E-state index in [0.29, 0.717) is 10.5 Å². The quantitative estimate of drug-likeness (QED) is 0.129. The van der Waals surface area contributed by atoms with Crippen molar-refractivity contribution in [3.63, 3.8) is 0 Å². The van der Waals surface area contributed by atoms with E-state index in [0.717, 1.165) is 58.1 Å². The highest BCUT2D eigenvalue weighted by Crippen LogP contribution is 2.30. The van der Waals surface area contributed by atoms with Gasteiger partial charge in [0.15, 0.2) is 0 Å². The van der Waals surface area contributed by atoms with Gasteiger partial charge in [-0.2, -0.15) is 0 Å². The number of nitrogens with zero attached hydrogens (tertiary/aromatic N) is 5. The minimum absolute atomic E-state index is 0.0472. The van der Waals surface area contributed by atoms with E-state index in [4.69, 9.17) is 46.4 Å². The highest BCUT2D eigenvalue weighted by molar-refractivity contribution is 9.10. The molecular formula is C61H87Br2Cl4F4N5. The molecule has 76 heavy (non-hydrogen) atoms. The van der Waals surface area contributed by atoms with Crippen LogP contribution in [0.2, 0.25) is 20.1 Å². The Morgan fingerprint density at radius 3 is 1.00 bits per heavy atom. The third-order valence-electron chi connectivity index (χ3n) is 12.6. The van der Waals surface area contributed by atoms with Crippen LogP contribution < -0.4 is 4.90 Å². The molecule has 0 aliphatic rings. The summed E-state index contributed by atoms with van der Waals surface area (Å²) in [6.07, 6.45) is 0. The molecule has 426 valence electrons. The SMILES string of the molecule is CC(C)N(c1ccc(Cl)c(F)c1)C(C)(C)C.CN(Cc1ccc(Br)c(Cl)c1)C(C)(C)C.CN(Cc1ccc(Br)c(F)c1)C(C)(C)C.CN(Cc1ccc(Cl)c(F)c1)C(C)(C)C.CN(Cc1ccc(F)c(Cl)c1)C(C)(C)C. The zero-order valence-corrected chi connectivity index (χ0v) is 55.3. The summed E-state index contributed by atoms with van der Waals surface area (Å²) in [6, 6.07) is 26.4. The highest BCUT2D eigenvalue weighted by atomic mass is 79.9. The molecule has 0 radical (unpaired) electrons. The van der Waals surface area contributed by atoms with E-state index in [1.165, 1.54) is 23.8 Å². The Kier molecular flexibility index (Phi) is 29.2. The van der Waals surface area contributed by atoms with E-state index in [1.807, 2.05) is 51.5 Å². The third kappa shape index (κ3) is 26.2. The Morgan fingerprint density at radius 2 is 0.684 bits per heavy atom. The molecule has 0 N–H and O–H groups in total. The molecule has 0 amide bonds. The number of halogens is 10. The zero-order chi connectivity index (χ0) is 59.1. The van der Waals surface area contributed by atoms with Crippen LogP contribution in [0.3, 0.4) is 0 Å². The van der Waals surface area contributed by atoms with Crippen LogP contribution in [0.15, 0.2) is 99.9 Å². The molecule has 5 aromatic rings. The second-order valence-corrected chi connectivity index (χ2v) is 27.7.